The van der Waals surface area contributed by atoms with Crippen LogP contribution in [0.3, 0.4) is 0 Å². The second kappa shape index (κ2) is 7.57. The van der Waals surface area contributed by atoms with Crippen molar-refractivity contribution in [3.05, 3.63) is 107 Å². The van der Waals surface area contributed by atoms with Crippen LogP contribution in [-0.4, -0.2) is 17.8 Å². The number of hydrogen-bond donors (Lipinski definition) is 0. The smallest absolute Gasteiger partial charge is 0.213 e. The van der Waals surface area contributed by atoms with Gasteiger partial charge in [0.2, 0.25) is 6.23 Å². The first-order chi connectivity index (χ1) is 15.7. The lowest BCUT2D eigenvalue weighted by molar-refractivity contribution is -0.0190. The Kier molecular flexibility index (Phi) is 4.54. The number of hydrogen-bond acceptors (Lipinski definition) is 4. The van der Waals surface area contributed by atoms with Crippen LogP contribution >= 0.6 is 11.6 Å². The molecule has 0 radical (unpaired) electrons. The topological polar surface area (TPSA) is 34.1 Å². The zero-order valence-corrected chi connectivity index (χ0v) is 18.3. The standard InChI is InChI=1S/C27H21ClN2O2/c1-31-22-11-8-18(9-12-22)27-30-25(23-15-21(28)10-13-26(23)32-27)16-24(29-30)20-7-6-17-4-2-3-5-19(17)14-20/h2-15,25,27H,16H2,1H3/t25-,27+/m0/s1. The third-order valence-corrected chi connectivity index (χ3v) is 6.47. The summed E-state index contributed by atoms with van der Waals surface area (Å²) in [5.74, 6) is 1.67. The van der Waals surface area contributed by atoms with Gasteiger partial charge in [-0.05, 0) is 64.9 Å². The fourth-order valence-electron chi connectivity index (χ4n) is 4.59. The largest absolute Gasteiger partial charge is 0.497 e. The molecule has 32 heavy (non-hydrogen) atoms. The molecule has 0 aliphatic carbocycles. The molecule has 5 heteroatoms. The van der Waals surface area contributed by atoms with Crippen LogP contribution < -0.4 is 9.47 Å². The Balaban J connectivity index is 1.44. The summed E-state index contributed by atoms with van der Waals surface area (Å²) in [4.78, 5) is 0. The highest BCUT2D eigenvalue weighted by Gasteiger charge is 2.41. The lowest BCUT2D eigenvalue weighted by Gasteiger charge is -2.38. The number of hydrazone groups is 1. The average molecular weight is 441 g/mol. The van der Waals surface area contributed by atoms with E-state index in [9.17, 15) is 0 Å². The van der Waals surface area contributed by atoms with E-state index < -0.39 is 0 Å². The molecule has 6 rings (SSSR count). The van der Waals surface area contributed by atoms with E-state index in [1.54, 1.807) is 7.11 Å². The molecule has 2 atom stereocenters. The van der Waals surface area contributed by atoms with Crippen LogP contribution in [0.5, 0.6) is 11.5 Å². The number of methoxy groups -OCH3 is 1. The summed E-state index contributed by atoms with van der Waals surface area (Å²) in [7, 11) is 1.67. The van der Waals surface area contributed by atoms with Crippen molar-refractivity contribution in [3.63, 3.8) is 0 Å². The summed E-state index contributed by atoms with van der Waals surface area (Å²) >= 11 is 6.35. The van der Waals surface area contributed by atoms with Crippen molar-refractivity contribution in [2.45, 2.75) is 18.7 Å². The SMILES string of the molecule is COc1ccc([C@H]2Oc3ccc(Cl)cc3[C@@H]3CC(c4ccc5ccccc5c4)=NN23)cc1. The summed E-state index contributed by atoms with van der Waals surface area (Å²) in [5.41, 5.74) is 4.28. The minimum atomic E-state index is -0.322. The van der Waals surface area contributed by atoms with Crippen LogP contribution in [0.2, 0.25) is 5.02 Å². The van der Waals surface area contributed by atoms with Gasteiger partial charge in [0.15, 0.2) is 0 Å². The van der Waals surface area contributed by atoms with Gasteiger partial charge < -0.3 is 9.47 Å². The van der Waals surface area contributed by atoms with Crippen LogP contribution in [-0.2, 0) is 0 Å². The fourth-order valence-corrected chi connectivity index (χ4v) is 4.77. The molecule has 0 bridgehead atoms. The second-order valence-corrected chi connectivity index (χ2v) is 8.57. The molecule has 2 heterocycles. The maximum Gasteiger partial charge on any atom is 0.213 e. The number of halogens is 1. The van der Waals surface area contributed by atoms with E-state index in [-0.39, 0.29) is 12.3 Å². The first-order valence-corrected chi connectivity index (χ1v) is 11.0. The molecular formula is C27H21ClN2O2. The Labute approximate surface area is 191 Å². The van der Waals surface area contributed by atoms with Crippen molar-refractivity contribution >= 4 is 28.1 Å². The molecule has 0 unspecified atom stereocenters. The summed E-state index contributed by atoms with van der Waals surface area (Å²) in [5, 5.41) is 10.3. The number of ether oxygens (including phenoxy) is 2. The van der Waals surface area contributed by atoms with Crippen LogP contribution in [0.15, 0.2) is 90.0 Å². The van der Waals surface area contributed by atoms with Crippen molar-refractivity contribution in [2.24, 2.45) is 5.10 Å². The predicted octanol–water partition coefficient (Wildman–Crippen LogP) is 6.74. The van der Waals surface area contributed by atoms with E-state index in [0.717, 1.165) is 40.3 Å². The van der Waals surface area contributed by atoms with Crippen molar-refractivity contribution in [1.29, 1.82) is 0 Å². The number of benzene rings is 4. The van der Waals surface area contributed by atoms with Gasteiger partial charge in [-0.3, -0.25) is 0 Å². The van der Waals surface area contributed by atoms with Crippen molar-refractivity contribution in [2.75, 3.05) is 7.11 Å². The molecule has 2 aliphatic heterocycles. The van der Waals surface area contributed by atoms with E-state index in [2.05, 4.69) is 47.5 Å². The van der Waals surface area contributed by atoms with Gasteiger partial charge in [-0.2, -0.15) is 5.10 Å². The predicted molar refractivity (Wildman–Crippen MR) is 127 cm³/mol. The van der Waals surface area contributed by atoms with Gasteiger partial charge >= 0.3 is 0 Å². The average Bonchev–Trinajstić information content (AvgIpc) is 3.29. The molecule has 0 amide bonds. The third-order valence-electron chi connectivity index (χ3n) is 6.24. The Morgan fingerprint density at radius 2 is 1.75 bits per heavy atom. The van der Waals surface area contributed by atoms with Gasteiger partial charge in [0.25, 0.3) is 0 Å². The first-order valence-electron chi connectivity index (χ1n) is 10.6. The minimum Gasteiger partial charge on any atom is -0.497 e. The van der Waals surface area contributed by atoms with E-state index in [1.807, 2.05) is 42.5 Å². The molecule has 0 aromatic heterocycles. The maximum absolute atomic E-state index is 6.43. The summed E-state index contributed by atoms with van der Waals surface area (Å²) < 4.78 is 11.8. The highest BCUT2D eigenvalue weighted by atomic mass is 35.5. The molecule has 4 aromatic carbocycles. The Hall–Kier alpha value is -3.50. The van der Waals surface area contributed by atoms with Crippen LogP contribution in [0.1, 0.15) is 35.4 Å². The molecule has 4 nitrogen and oxygen atoms in total. The maximum atomic E-state index is 6.43. The monoisotopic (exact) mass is 440 g/mol. The minimum absolute atomic E-state index is 0.0611. The molecule has 2 aliphatic rings. The molecule has 0 fully saturated rings. The Morgan fingerprint density at radius 1 is 0.938 bits per heavy atom. The molecular weight excluding hydrogens is 420 g/mol. The lowest BCUT2D eigenvalue weighted by Crippen LogP contribution is -2.33. The van der Waals surface area contributed by atoms with Gasteiger partial charge in [0.05, 0.1) is 18.9 Å². The summed E-state index contributed by atoms with van der Waals surface area (Å²) in [6.45, 7) is 0. The molecule has 158 valence electrons. The number of fused-ring (bicyclic) bond motifs is 4. The van der Waals surface area contributed by atoms with E-state index in [4.69, 9.17) is 26.2 Å². The van der Waals surface area contributed by atoms with Crippen molar-refractivity contribution in [3.8, 4) is 11.5 Å². The normalized spacial score (nSPS) is 19.2. The molecule has 0 spiro atoms. The van der Waals surface area contributed by atoms with E-state index in [0.29, 0.717) is 5.02 Å². The van der Waals surface area contributed by atoms with Crippen molar-refractivity contribution in [1.82, 2.24) is 5.01 Å². The van der Waals surface area contributed by atoms with Gasteiger partial charge in [-0.15, -0.1) is 0 Å². The van der Waals surface area contributed by atoms with E-state index >= 15 is 0 Å². The Morgan fingerprint density at radius 3 is 2.56 bits per heavy atom. The van der Waals surface area contributed by atoms with E-state index in [1.165, 1.54) is 10.8 Å². The highest BCUT2D eigenvalue weighted by Crippen LogP contribution is 2.48. The van der Waals surface area contributed by atoms with Gasteiger partial charge in [-0.1, -0.05) is 48.0 Å². The molecule has 0 N–H and O–H groups in total. The van der Waals surface area contributed by atoms with Crippen LogP contribution in [0, 0.1) is 0 Å². The van der Waals surface area contributed by atoms with Gasteiger partial charge in [0, 0.05) is 22.6 Å². The number of nitrogens with zero attached hydrogens (tertiary/aromatic N) is 2. The van der Waals surface area contributed by atoms with Gasteiger partial charge in [0.1, 0.15) is 11.5 Å². The quantitative estimate of drug-likeness (QED) is 0.353. The van der Waals surface area contributed by atoms with Crippen LogP contribution in [0.4, 0.5) is 0 Å². The Bertz CT molecular complexity index is 1350. The second-order valence-electron chi connectivity index (χ2n) is 8.13. The summed E-state index contributed by atoms with van der Waals surface area (Å²) in [6, 6.07) is 28.8. The van der Waals surface area contributed by atoms with Crippen LogP contribution in [0.25, 0.3) is 10.8 Å². The zero-order valence-electron chi connectivity index (χ0n) is 17.5. The molecule has 0 saturated heterocycles. The van der Waals surface area contributed by atoms with Gasteiger partial charge in [-0.25, -0.2) is 5.01 Å². The lowest BCUT2D eigenvalue weighted by atomic mass is 9.95. The third kappa shape index (κ3) is 3.19. The molecule has 0 saturated carbocycles. The zero-order chi connectivity index (χ0) is 21.7. The highest BCUT2D eigenvalue weighted by molar-refractivity contribution is 6.30. The number of rotatable bonds is 3. The fraction of sp³-hybridized carbons (Fsp3) is 0.148. The first kappa shape index (κ1) is 19.2. The molecule has 4 aromatic rings. The van der Waals surface area contributed by atoms with Crippen molar-refractivity contribution < 1.29 is 9.47 Å². The summed E-state index contributed by atoms with van der Waals surface area (Å²) in [6.07, 6.45) is 0.472.